The Morgan fingerprint density at radius 3 is 2.30 bits per heavy atom. The van der Waals surface area contributed by atoms with Gasteiger partial charge in [0, 0.05) is 15.7 Å². The van der Waals surface area contributed by atoms with Gasteiger partial charge >= 0.3 is 0 Å². The summed E-state index contributed by atoms with van der Waals surface area (Å²) >= 11 is 2.26. The molecule has 0 bridgehead atoms. The lowest BCUT2D eigenvalue weighted by Gasteiger charge is -2.37. The van der Waals surface area contributed by atoms with Gasteiger partial charge in [0.1, 0.15) is 0 Å². The maximum Gasteiger partial charge on any atom is 0.254 e. The van der Waals surface area contributed by atoms with Crippen LogP contribution in [0.4, 0.5) is 0 Å². The first-order chi connectivity index (χ1) is 11.1. The zero-order valence-corrected chi connectivity index (χ0v) is 15.6. The summed E-state index contributed by atoms with van der Waals surface area (Å²) in [6, 6.07) is 18.3. The predicted octanol–water partition coefficient (Wildman–Crippen LogP) is 5.21. The Morgan fingerprint density at radius 1 is 1.00 bits per heavy atom. The Kier molecular flexibility index (Phi) is 4.85. The van der Waals surface area contributed by atoms with Gasteiger partial charge in [-0.05, 0) is 72.7 Å². The second kappa shape index (κ2) is 6.87. The second-order valence-corrected chi connectivity index (χ2v) is 7.38. The van der Waals surface area contributed by atoms with Crippen LogP contribution in [-0.4, -0.2) is 17.4 Å². The molecule has 0 fully saturated rings. The van der Waals surface area contributed by atoms with Crippen LogP contribution in [0, 0.1) is 3.57 Å². The number of carbonyl (C=O) groups is 1. The summed E-state index contributed by atoms with van der Waals surface area (Å²) in [5, 5.41) is 0. The van der Waals surface area contributed by atoms with E-state index >= 15 is 0 Å². The number of carbonyl (C=O) groups excluding carboxylic acids is 1. The molecular weight excluding hydrogens is 397 g/mol. The summed E-state index contributed by atoms with van der Waals surface area (Å²) in [6.07, 6.45) is 0.909. The molecule has 3 heteroatoms. The molecule has 0 saturated carbocycles. The molecule has 1 atom stereocenters. The van der Waals surface area contributed by atoms with Gasteiger partial charge in [-0.25, -0.2) is 0 Å². The molecule has 1 amide bonds. The minimum atomic E-state index is 0.113. The van der Waals surface area contributed by atoms with Crippen LogP contribution in [0.1, 0.15) is 42.2 Å². The number of amides is 1. The van der Waals surface area contributed by atoms with Crippen LogP contribution < -0.4 is 0 Å². The highest BCUT2D eigenvalue weighted by Crippen LogP contribution is 2.34. The molecule has 1 aliphatic rings. The van der Waals surface area contributed by atoms with E-state index in [0.29, 0.717) is 6.54 Å². The lowest BCUT2D eigenvalue weighted by Crippen LogP contribution is -2.39. The van der Waals surface area contributed by atoms with Crippen LogP contribution in [0.15, 0.2) is 65.7 Å². The van der Waals surface area contributed by atoms with Crippen molar-refractivity contribution >= 4 is 28.5 Å². The van der Waals surface area contributed by atoms with Crippen LogP contribution in [0.25, 0.3) is 0 Å². The van der Waals surface area contributed by atoms with Crippen molar-refractivity contribution in [2.75, 3.05) is 6.54 Å². The SMILES string of the molecule is CC1=C(C)CN(C(=O)c2ccc(I)cc2)C(c2ccccc2)C1. The number of nitrogens with zero attached hydrogens (tertiary/aromatic N) is 1. The van der Waals surface area contributed by atoms with E-state index in [2.05, 4.69) is 48.6 Å². The smallest absolute Gasteiger partial charge is 0.254 e. The van der Waals surface area contributed by atoms with Gasteiger partial charge in [0.15, 0.2) is 0 Å². The van der Waals surface area contributed by atoms with Gasteiger partial charge in [-0.3, -0.25) is 4.79 Å². The highest BCUT2D eigenvalue weighted by atomic mass is 127. The largest absolute Gasteiger partial charge is 0.327 e. The van der Waals surface area contributed by atoms with Gasteiger partial charge in [0.25, 0.3) is 5.91 Å². The lowest BCUT2D eigenvalue weighted by atomic mass is 9.90. The molecule has 2 aromatic carbocycles. The van der Waals surface area contributed by atoms with E-state index in [1.54, 1.807) is 0 Å². The summed E-state index contributed by atoms with van der Waals surface area (Å²) in [6.45, 7) is 5.01. The normalized spacial score (nSPS) is 18.2. The van der Waals surface area contributed by atoms with E-state index in [-0.39, 0.29) is 11.9 Å². The molecule has 1 aliphatic heterocycles. The summed E-state index contributed by atoms with van der Waals surface area (Å²) in [7, 11) is 0. The van der Waals surface area contributed by atoms with Gasteiger partial charge in [-0.15, -0.1) is 0 Å². The molecule has 0 spiro atoms. The van der Waals surface area contributed by atoms with Gasteiger partial charge < -0.3 is 4.90 Å². The molecule has 0 aromatic heterocycles. The maximum atomic E-state index is 13.0. The third-order valence-corrected chi connectivity index (χ3v) is 5.27. The van der Waals surface area contributed by atoms with Crippen molar-refractivity contribution in [1.29, 1.82) is 0 Å². The van der Waals surface area contributed by atoms with Crippen molar-refractivity contribution in [2.45, 2.75) is 26.3 Å². The fourth-order valence-corrected chi connectivity index (χ4v) is 3.38. The van der Waals surface area contributed by atoms with Crippen molar-refractivity contribution in [3.05, 3.63) is 80.4 Å². The third kappa shape index (κ3) is 3.50. The molecule has 0 radical (unpaired) electrons. The Bertz CT molecular complexity index is 734. The van der Waals surface area contributed by atoms with E-state index in [1.807, 2.05) is 47.4 Å². The Hall–Kier alpha value is -1.62. The van der Waals surface area contributed by atoms with E-state index in [1.165, 1.54) is 16.7 Å². The molecule has 0 aliphatic carbocycles. The lowest BCUT2D eigenvalue weighted by molar-refractivity contribution is 0.0680. The number of hydrogen-bond acceptors (Lipinski definition) is 1. The van der Waals surface area contributed by atoms with Gasteiger partial charge in [0.05, 0.1) is 6.04 Å². The number of halogens is 1. The highest BCUT2D eigenvalue weighted by Gasteiger charge is 2.30. The summed E-state index contributed by atoms with van der Waals surface area (Å²) < 4.78 is 1.14. The van der Waals surface area contributed by atoms with Crippen LogP contribution >= 0.6 is 22.6 Å². The molecule has 23 heavy (non-hydrogen) atoms. The fourth-order valence-electron chi connectivity index (χ4n) is 3.02. The molecule has 3 rings (SSSR count). The maximum absolute atomic E-state index is 13.0. The van der Waals surface area contributed by atoms with Crippen molar-refractivity contribution < 1.29 is 4.79 Å². The summed E-state index contributed by atoms with van der Waals surface area (Å²) in [5.41, 5.74) is 4.67. The summed E-state index contributed by atoms with van der Waals surface area (Å²) in [4.78, 5) is 15.1. The summed E-state index contributed by atoms with van der Waals surface area (Å²) in [5.74, 6) is 0.113. The van der Waals surface area contributed by atoms with Crippen LogP contribution in [0.5, 0.6) is 0 Å². The standard InChI is InChI=1S/C20H20INO/c1-14-12-19(16-6-4-3-5-7-16)22(13-15(14)2)20(23)17-8-10-18(21)11-9-17/h3-11,19H,12-13H2,1-2H3. The Morgan fingerprint density at radius 2 is 1.65 bits per heavy atom. The van der Waals surface area contributed by atoms with Crippen molar-refractivity contribution in [1.82, 2.24) is 4.90 Å². The molecule has 0 saturated heterocycles. The van der Waals surface area contributed by atoms with Crippen molar-refractivity contribution in [3.8, 4) is 0 Å². The van der Waals surface area contributed by atoms with Crippen LogP contribution in [-0.2, 0) is 0 Å². The van der Waals surface area contributed by atoms with E-state index in [9.17, 15) is 4.79 Å². The zero-order chi connectivity index (χ0) is 16.4. The molecule has 1 unspecified atom stereocenters. The van der Waals surface area contributed by atoms with Crippen LogP contribution in [0.2, 0.25) is 0 Å². The van der Waals surface area contributed by atoms with Crippen LogP contribution in [0.3, 0.4) is 0 Å². The Balaban J connectivity index is 1.96. The Labute approximate surface area is 151 Å². The van der Waals surface area contributed by atoms with E-state index in [4.69, 9.17) is 0 Å². The topological polar surface area (TPSA) is 20.3 Å². The fraction of sp³-hybridized carbons (Fsp3) is 0.250. The third-order valence-electron chi connectivity index (χ3n) is 4.55. The molecule has 2 nitrogen and oxygen atoms in total. The van der Waals surface area contributed by atoms with E-state index in [0.717, 1.165) is 15.6 Å². The number of hydrogen-bond donors (Lipinski definition) is 0. The first-order valence-corrected chi connectivity index (χ1v) is 8.91. The average molecular weight is 417 g/mol. The quantitative estimate of drug-likeness (QED) is 0.485. The highest BCUT2D eigenvalue weighted by molar-refractivity contribution is 14.1. The molecule has 0 N–H and O–H groups in total. The molecular formula is C20H20INO. The second-order valence-electron chi connectivity index (χ2n) is 6.13. The first kappa shape index (κ1) is 16.2. The first-order valence-electron chi connectivity index (χ1n) is 7.83. The monoisotopic (exact) mass is 417 g/mol. The molecule has 1 heterocycles. The minimum absolute atomic E-state index is 0.113. The average Bonchev–Trinajstić information content (AvgIpc) is 2.58. The van der Waals surface area contributed by atoms with Gasteiger partial charge in [-0.1, -0.05) is 41.5 Å². The predicted molar refractivity (Wildman–Crippen MR) is 102 cm³/mol. The van der Waals surface area contributed by atoms with Crippen molar-refractivity contribution in [3.63, 3.8) is 0 Å². The minimum Gasteiger partial charge on any atom is -0.327 e. The van der Waals surface area contributed by atoms with Gasteiger partial charge in [0.2, 0.25) is 0 Å². The van der Waals surface area contributed by atoms with E-state index < -0.39 is 0 Å². The zero-order valence-electron chi connectivity index (χ0n) is 13.4. The number of benzene rings is 2. The molecule has 118 valence electrons. The molecule has 2 aromatic rings. The number of rotatable bonds is 2. The van der Waals surface area contributed by atoms with Crippen molar-refractivity contribution in [2.24, 2.45) is 0 Å². The van der Waals surface area contributed by atoms with Gasteiger partial charge in [-0.2, -0.15) is 0 Å².